The van der Waals surface area contributed by atoms with Crippen LogP contribution in [0.2, 0.25) is 0 Å². The summed E-state index contributed by atoms with van der Waals surface area (Å²) in [5, 5.41) is 2.89. The van der Waals surface area contributed by atoms with Gasteiger partial charge in [0, 0.05) is 4.90 Å². The molecule has 0 saturated heterocycles. The van der Waals surface area contributed by atoms with Crippen LogP contribution in [0.1, 0.15) is 18.1 Å². The number of amides is 1. The Morgan fingerprint density at radius 2 is 1.73 bits per heavy atom. The van der Waals surface area contributed by atoms with Crippen molar-refractivity contribution in [2.75, 3.05) is 18.2 Å². The number of para-hydroxylation sites is 1. The number of benzene rings is 3. The van der Waals surface area contributed by atoms with Gasteiger partial charge in [0.15, 0.2) is 0 Å². The summed E-state index contributed by atoms with van der Waals surface area (Å²) in [5.41, 5.74) is 2.20. The molecule has 6 nitrogen and oxygen atoms in total. The van der Waals surface area contributed by atoms with Gasteiger partial charge < -0.3 is 10.1 Å². The van der Waals surface area contributed by atoms with Crippen molar-refractivity contribution in [2.24, 2.45) is 0 Å². The van der Waals surface area contributed by atoms with Gasteiger partial charge in [-0.1, -0.05) is 42.5 Å². The molecule has 1 amide bonds. The van der Waals surface area contributed by atoms with E-state index >= 15 is 0 Å². The quantitative estimate of drug-likeness (QED) is 0.410. The molecule has 3 rings (SSSR count). The lowest BCUT2D eigenvalue weighted by molar-refractivity contribution is -0.117. The normalized spacial score (nSPS) is 12.2. The van der Waals surface area contributed by atoms with E-state index < -0.39 is 22.0 Å². The van der Waals surface area contributed by atoms with Crippen molar-refractivity contribution in [1.29, 1.82) is 0 Å². The molecule has 0 aliphatic heterocycles. The molecule has 0 spiro atoms. The molecule has 0 bridgehead atoms. The Kier molecular flexibility index (Phi) is 8.55. The van der Waals surface area contributed by atoms with Crippen LogP contribution < -0.4 is 14.8 Å². The van der Waals surface area contributed by atoms with Crippen molar-refractivity contribution < 1.29 is 17.9 Å². The molecule has 2 N–H and O–H groups in total. The van der Waals surface area contributed by atoms with Crippen molar-refractivity contribution in [3.63, 3.8) is 0 Å². The molecule has 0 aliphatic rings. The summed E-state index contributed by atoms with van der Waals surface area (Å²) in [4.78, 5) is 14.2. The molecule has 0 fully saturated rings. The third-order valence-corrected chi connectivity index (χ3v) is 7.28. The number of rotatable bonds is 10. The van der Waals surface area contributed by atoms with Crippen molar-refractivity contribution >= 4 is 33.4 Å². The predicted octanol–water partition coefficient (Wildman–Crippen LogP) is 4.64. The monoisotopic (exact) mass is 484 g/mol. The van der Waals surface area contributed by atoms with E-state index in [1.807, 2.05) is 61.7 Å². The lowest BCUT2D eigenvalue weighted by Gasteiger charge is -2.20. The molecule has 0 aromatic heterocycles. The number of aryl methyl sites for hydroxylation is 1. The number of thioether (sulfide) groups is 1. The third-order valence-electron chi connectivity index (χ3n) is 5.02. The fraction of sp³-hybridized carbons (Fsp3) is 0.240. The number of nitrogens with one attached hydrogen (secondary N) is 2. The molecule has 3 aromatic rings. The maximum absolute atomic E-state index is 13.2. The van der Waals surface area contributed by atoms with E-state index in [2.05, 4.69) is 10.0 Å². The average Bonchev–Trinajstić information content (AvgIpc) is 2.81. The number of carbonyl (C=O) groups is 1. The summed E-state index contributed by atoms with van der Waals surface area (Å²) in [7, 11) is -3.96. The van der Waals surface area contributed by atoms with Gasteiger partial charge >= 0.3 is 0 Å². The summed E-state index contributed by atoms with van der Waals surface area (Å²) >= 11 is 1.50. The zero-order valence-corrected chi connectivity index (χ0v) is 20.5. The highest BCUT2D eigenvalue weighted by atomic mass is 32.2. The molecule has 3 aromatic carbocycles. The van der Waals surface area contributed by atoms with Crippen molar-refractivity contribution in [2.45, 2.75) is 36.1 Å². The molecule has 0 radical (unpaired) electrons. The molecular formula is C25H28N2O4S2. The summed E-state index contributed by atoms with van der Waals surface area (Å²) < 4.78 is 34.5. The van der Waals surface area contributed by atoms with Crippen LogP contribution in [0.15, 0.2) is 82.6 Å². The zero-order chi connectivity index (χ0) is 23.8. The van der Waals surface area contributed by atoms with Crippen LogP contribution in [0.4, 0.5) is 5.69 Å². The maximum atomic E-state index is 13.2. The highest BCUT2D eigenvalue weighted by Gasteiger charge is 2.27. The summed E-state index contributed by atoms with van der Waals surface area (Å²) in [6.45, 7) is 4.15. The molecule has 174 valence electrons. The van der Waals surface area contributed by atoms with Crippen LogP contribution >= 0.6 is 11.8 Å². The minimum atomic E-state index is -3.96. The van der Waals surface area contributed by atoms with Crippen molar-refractivity contribution in [3.05, 3.63) is 83.9 Å². The average molecular weight is 485 g/mol. The Labute approximate surface area is 199 Å². The molecule has 8 heteroatoms. The second-order valence-electron chi connectivity index (χ2n) is 7.41. The second-order valence-corrected chi connectivity index (χ2v) is 9.98. The topological polar surface area (TPSA) is 84.5 Å². The predicted molar refractivity (Wildman–Crippen MR) is 133 cm³/mol. The fourth-order valence-corrected chi connectivity index (χ4v) is 5.20. The lowest BCUT2D eigenvalue weighted by atomic mass is 10.1. The van der Waals surface area contributed by atoms with Crippen LogP contribution in [0.3, 0.4) is 0 Å². The van der Waals surface area contributed by atoms with Gasteiger partial charge in [0.2, 0.25) is 15.9 Å². The number of hydrogen-bond acceptors (Lipinski definition) is 5. The van der Waals surface area contributed by atoms with Gasteiger partial charge in [-0.3, -0.25) is 4.79 Å². The minimum absolute atomic E-state index is 0.0822. The number of carbonyl (C=O) groups excluding carboxylic acids is 1. The van der Waals surface area contributed by atoms with E-state index in [9.17, 15) is 13.2 Å². The summed E-state index contributed by atoms with van der Waals surface area (Å²) in [5.74, 6) is 0.204. The molecular weight excluding hydrogens is 456 g/mol. The second kappa shape index (κ2) is 11.4. The van der Waals surface area contributed by atoms with Crippen LogP contribution in [0.25, 0.3) is 0 Å². The van der Waals surface area contributed by atoms with Crippen LogP contribution in [-0.4, -0.2) is 33.2 Å². The van der Waals surface area contributed by atoms with Crippen LogP contribution in [0.5, 0.6) is 5.75 Å². The summed E-state index contributed by atoms with van der Waals surface area (Å²) in [6.07, 6.45) is 2.13. The molecule has 0 heterocycles. The lowest BCUT2D eigenvalue weighted by Crippen LogP contribution is -2.45. The first-order chi connectivity index (χ1) is 15.8. The molecule has 1 atom stereocenters. The Balaban J connectivity index is 1.89. The SMILES string of the molecule is CCOc1ccc(S(=O)(=O)NC(Cc2ccccc2)C(=O)Nc2ccccc2SC)cc1C. The number of anilines is 1. The van der Waals surface area contributed by atoms with Gasteiger partial charge in [0.25, 0.3) is 0 Å². The Morgan fingerprint density at radius 1 is 1.03 bits per heavy atom. The van der Waals surface area contributed by atoms with E-state index in [0.717, 1.165) is 10.5 Å². The van der Waals surface area contributed by atoms with E-state index in [1.165, 1.54) is 17.8 Å². The number of hydrogen-bond donors (Lipinski definition) is 2. The molecule has 0 saturated carbocycles. The first-order valence-corrected chi connectivity index (χ1v) is 13.3. The molecule has 1 unspecified atom stereocenters. The number of sulfonamides is 1. The minimum Gasteiger partial charge on any atom is -0.494 e. The molecule has 33 heavy (non-hydrogen) atoms. The first-order valence-electron chi connectivity index (χ1n) is 10.6. The van der Waals surface area contributed by atoms with Crippen molar-refractivity contribution in [1.82, 2.24) is 4.72 Å². The van der Waals surface area contributed by atoms with Gasteiger partial charge in [-0.2, -0.15) is 4.72 Å². The Morgan fingerprint density at radius 3 is 2.39 bits per heavy atom. The standard InChI is InChI=1S/C25H28N2O4S2/c1-4-31-23-15-14-20(16-18(23)2)33(29,30)27-22(17-19-10-6-5-7-11-19)25(28)26-21-12-8-9-13-24(21)32-3/h5-16,22,27H,4,17H2,1-3H3,(H,26,28). The van der Waals surface area contributed by atoms with Gasteiger partial charge in [-0.05, 0) is 68.0 Å². The largest absolute Gasteiger partial charge is 0.494 e. The van der Waals surface area contributed by atoms with Gasteiger partial charge in [-0.15, -0.1) is 11.8 Å². The van der Waals surface area contributed by atoms with E-state index in [-0.39, 0.29) is 11.3 Å². The van der Waals surface area contributed by atoms with Crippen molar-refractivity contribution in [3.8, 4) is 5.75 Å². The maximum Gasteiger partial charge on any atom is 0.242 e. The fourth-order valence-electron chi connectivity index (χ4n) is 3.37. The highest BCUT2D eigenvalue weighted by molar-refractivity contribution is 7.98. The van der Waals surface area contributed by atoms with Gasteiger partial charge in [-0.25, -0.2) is 8.42 Å². The van der Waals surface area contributed by atoms with Crippen LogP contribution in [0, 0.1) is 6.92 Å². The zero-order valence-electron chi connectivity index (χ0n) is 18.9. The number of ether oxygens (including phenoxy) is 1. The van der Waals surface area contributed by atoms with Gasteiger partial charge in [0.05, 0.1) is 17.2 Å². The first kappa shape index (κ1) is 24.8. The highest BCUT2D eigenvalue weighted by Crippen LogP contribution is 2.25. The third kappa shape index (κ3) is 6.60. The smallest absolute Gasteiger partial charge is 0.242 e. The molecule has 0 aliphatic carbocycles. The van der Waals surface area contributed by atoms with E-state index in [1.54, 1.807) is 25.1 Å². The summed E-state index contributed by atoms with van der Waals surface area (Å²) in [6, 6.07) is 20.4. The Hall–Kier alpha value is -2.81. The van der Waals surface area contributed by atoms with E-state index in [4.69, 9.17) is 4.74 Å². The van der Waals surface area contributed by atoms with Gasteiger partial charge in [0.1, 0.15) is 11.8 Å². The van der Waals surface area contributed by atoms with Crippen LogP contribution in [-0.2, 0) is 21.2 Å². The van der Waals surface area contributed by atoms with E-state index in [0.29, 0.717) is 23.6 Å². The Bertz CT molecular complexity index is 1200.